The van der Waals surface area contributed by atoms with Crippen LogP contribution in [0, 0.1) is 12.7 Å². The first-order valence-electron chi connectivity index (χ1n) is 7.49. The van der Waals surface area contributed by atoms with Gasteiger partial charge in [-0.15, -0.1) is 0 Å². The van der Waals surface area contributed by atoms with Crippen molar-refractivity contribution in [2.75, 3.05) is 0 Å². The maximum atomic E-state index is 13.1. The molecule has 0 radical (unpaired) electrons. The molecule has 1 aromatic carbocycles. The minimum atomic E-state index is -0.259. The van der Waals surface area contributed by atoms with Crippen molar-refractivity contribution in [1.82, 2.24) is 25.7 Å². The average Bonchev–Trinajstić information content (AvgIpc) is 3.18. The molecule has 0 bridgehead atoms. The van der Waals surface area contributed by atoms with Crippen LogP contribution in [0.5, 0.6) is 0 Å². The Hall–Kier alpha value is -2.54. The van der Waals surface area contributed by atoms with E-state index in [4.69, 9.17) is 4.52 Å². The van der Waals surface area contributed by atoms with Crippen LogP contribution in [0.15, 0.2) is 35.0 Å². The zero-order valence-electron chi connectivity index (χ0n) is 13.0. The maximum Gasteiger partial charge on any atom is 0.243 e. The molecule has 0 unspecified atom stereocenters. The van der Waals surface area contributed by atoms with Crippen LogP contribution in [0.2, 0.25) is 0 Å². The van der Waals surface area contributed by atoms with E-state index in [1.54, 1.807) is 25.3 Å². The number of hydrogen-bond acceptors (Lipinski definition) is 5. The zero-order valence-corrected chi connectivity index (χ0v) is 13.0. The van der Waals surface area contributed by atoms with Crippen molar-refractivity contribution >= 4 is 0 Å². The second-order valence-electron chi connectivity index (χ2n) is 5.30. The number of nitrogens with zero attached hydrogens (tertiary/aromatic N) is 3. The van der Waals surface area contributed by atoms with E-state index in [-0.39, 0.29) is 11.9 Å². The lowest BCUT2D eigenvalue weighted by molar-refractivity contribution is 0.323. The molecule has 3 aromatic rings. The van der Waals surface area contributed by atoms with E-state index in [2.05, 4.69) is 25.7 Å². The van der Waals surface area contributed by atoms with Crippen molar-refractivity contribution in [1.29, 1.82) is 0 Å². The molecule has 0 aliphatic heterocycles. The second-order valence-corrected chi connectivity index (χ2v) is 5.30. The number of aromatic amines is 1. The highest BCUT2D eigenvalue weighted by Gasteiger charge is 2.17. The van der Waals surface area contributed by atoms with E-state index in [0.717, 1.165) is 23.2 Å². The highest BCUT2D eigenvalue weighted by Crippen LogP contribution is 2.22. The summed E-state index contributed by atoms with van der Waals surface area (Å²) in [6.07, 6.45) is 2.59. The molecule has 1 atom stereocenters. The Morgan fingerprint density at radius 2 is 2.09 bits per heavy atom. The first-order valence-corrected chi connectivity index (χ1v) is 7.49. The highest BCUT2D eigenvalue weighted by atomic mass is 19.1. The Morgan fingerprint density at radius 3 is 2.74 bits per heavy atom. The van der Waals surface area contributed by atoms with Crippen LogP contribution < -0.4 is 5.32 Å². The molecule has 0 amide bonds. The molecule has 7 heteroatoms. The summed E-state index contributed by atoms with van der Waals surface area (Å²) >= 11 is 0. The Morgan fingerprint density at radius 1 is 1.30 bits per heavy atom. The molecular weight excluding hydrogens is 297 g/mol. The molecule has 0 aliphatic carbocycles. The fourth-order valence-electron chi connectivity index (χ4n) is 2.41. The number of hydrogen-bond donors (Lipinski definition) is 2. The van der Waals surface area contributed by atoms with Crippen LogP contribution >= 0.6 is 0 Å². The predicted octanol–water partition coefficient (Wildman–Crippen LogP) is 3.15. The largest absolute Gasteiger partial charge is 0.338 e. The highest BCUT2D eigenvalue weighted by molar-refractivity contribution is 5.62. The molecule has 2 N–H and O–H groups in total. The summed E-state index contributed by atoms with van der Waals surface area (Å²) in [7, 11) is 0. The van der Waals surface area contributed by atoms with Gasteiger partial charge in [0.1, 0.15) is 5.82 Å². The van der Waals surface area contributed by atoms with Crippen LogP contribution in [0.4, 0.5) is 4.39 Å². The van der Waals surface area contributed by atoms with Gasteiger partial charge in [0.15, 0.2) is 5.82 Å². The summed E-state index contributed by atoms with van der Waals surface area (Å²) in [4.78, 5) is 4.27. The molecule has 0 aliphatic rings. The molecule has 0 saturated heterocycles. The van der Waals surface area contributed by atoms with E-state index in [1.165, 1.54) is 12.1 Å². The molecule has 120 valence electrons. The summed E-state index contributed by atoms with van der Waals surface area (Å²) in [6.45, 7) is 4.43. The molecule has 23 heavy (non-hydrogen) atoms. The number of halogens is 1. The molecule has 6 nitrogen and oxygen atoms in total. The number of aryl methyl sites for hydroxylation is 1. The van der Waals surface area contributed by atoms with Gasteiger partial charge >= 0.3 is 0 Å². The average molecular weight is 315 g/mol. The predicted molar refractivity (Wildman–Crippen MR) is 82.9 cm³/mol. The lowest BCUT2D eigenvalue weighted by atomic mass is 10.1. The van der Waals surface area contributed by atoms with Gasteiger partial charge in [0.05, 0.1) is 17.9 Å². The first-order chi connectivity index (χ1) is 11.2. The van der Waals surface area contributed by atoms with Gasteiger partial charge in [-0.2, -0.15) is 10.1 Å². The molecule has 0 saturated carbocycles. The molecule has 2 aromatic heterocycles. The molecule has 0 fully saturated rings. The van der Waals surface area contributed by atoms with Crippen molar-refractivity contribution in [3.05, 3.63) is 53.6 Å². The summed E-state index contributed by atoms with van der Waals surface area (Å²) < 4.78 is 18.3. The maximum absolute atomic E-state index is 13.1. The van der Waals surface area contributed by atoms with Gasteiger partial charge in [-0.3, -0.25) is 5.10 Å². The lowest BCUT2D eigenvalue weighted by Crippen LogP contribution is -2.20. The van der Waals surface area contributed by atoms with Gasteiger partial charge in [-0.05, 0) is 37.6 Å². The number of benzene rings is 1. The lowest BCUT2D eigenvalue weighted by Gasteiger charge is -2.12. The third-order valence-corrected chi connectivity index (χ3v) is 3.64. The van der Waals surface area contributed by atoms with Crippen LogP contribution in [-0.4, -0.2) is 20.3 Å². The Bertz CT molecular complexity index is 765. The molecule has 2 heterocycles. The molecular formula is C16H18FN5O. The van der Waals surface area contributed by atoms with Crippen molar-refractivity contribution in [3.63, 3.8) is 0 Å². The fraction of sp³-hybridized carbons (Fsp3) is 0.312. The number of H-pyrrole nitrogens is 1. The van der Waals surface area contributed by atoms with Crippen LogP contribution in [-0.2, 0) is 6.54 Å². The van der Waals surface area contributed by atoms with Crippen LogP contribution in [0.3, 0.4) is 0 Å². The minimum Gasteiger partial charge on any atom is -0.338 e. The summed E-state index contributed by atoms with van der Waals surface area (Å²) in [5.41, 5.74) is 2.75. The Labute approximate surface area is 133 Å². The number of rotatable bonds is 6. The van der Waals surface area contributed by atoms with E-state index >= 15 is 0 Å². The van der Waals surface area contributed by atoms with Gasteiger partial charge in [-0.25, -0.2) is 4.39 Å². The van der Waals surface area contributed by atoms with Gasteiger partial charge < -0.3 is 9.84 Å². The second kappa shape index (κ2) is 6.70. The van der Waals surface area contributed by atoms with Crippen LogP contribution in [0.1, 0.15) is 36.7 Å². The van der Waals surface area contributed by atoms with Crippen molar-refractivity contribution in [2.24, 2.45) is 0 Å². The normalized spacial score (nSPS) is 12.5. The van der Waals surface area contributed by atoms with Gasteiger partial charge in [0.2, 0.25) is 5.89 Å². The summed E-state index contributed by atoms with van der Waals surface area (Å²) in [5.74, 6) is 0.943. The molecule has 0 spiro atoms. The quantitative estimate of drug-likeness (QED) is 0.730. The smallest absolute Gasteiger partial charge is 0.243 e. The van der Waals surface area contributed by atoms with Crippen molar-refractivity contribution in [3.8, 4) is 11.3 Å². The monoisotopic (exact) mass is 315 g/mol. The van der Waals surface area contributed by atoms with E-state index in [0.29, 0.717) is 18.3 Å². The first kappa shape index (κ1) is 15.4. The summed E-state index contributed by atoms with van der Waals surface area (Å²) in [5, 5.41) is 14.3. The standard InChI is InChI=1S/C16H18FN5O/c1-3-14(16-20-10(2)22-23-16)18-8-12-9-19-21-15(12)11-4-6-13(17)7-5-11/h4-7,9,14,18H,3,8H2,1-2H3,(H,19,21)/t14-/m0/s1. The third kappa shape index (κ3) is 3.45. The van der Waals surface area contributed by atoms with Crippen LogP contribution in [0.25, 0.3) is 11.3 Å². The minimum absolute atomic E-state index is 0.0211. The van der Waals surface area contributed by atoms with E-state index in [1.807, 2.05) is 6.92 Å². The van der Waals surface area contributed by atoms with Gasteiger partial charge in [0.25, 0.3) is 0 Å². The van der Waals surface area contributed by atoms with E-state index < -0.39 is 0 Å². The van der Waals surface area contributed by atoms with Gasteiger partial charge in [0, 0.05) is 17.7 Å². The topological polar surface area (TPSA) is 79.6 Å². The summed E-state index contributed by atoms with van der Waals surface area (Å²) in [6, 6.07) is 6.30. The molecule has 3 rings (SSSR count). The number of nitrogens with one attached hydrogen (secondary N) is 2. The fourth-order valence-corrected chi connectivity index (χ4v) is 2.41. The number of aromatic nitrogens is 4. The third-order valence-electron chi connectivity index (χ3n) is 3.64. The Kier molecular flexibility index (Phi) is 4.47. The SMILES string of the molecule is CC[C@H](NCc1cn[nH]c1-c1ccc(F)cc1)c1nc(C)no1. The van der Waals surface area contributed by atoms with Gasteiger partial charge in [-0.1, -0.05) is 12.1 Å². The van der Waals surface area contributed by atoms with Crippen molar-refractivity contribution in [2.45, 2.75) is 32.9 Å². The van der Waals surface area contributed by atoms with Crippen molar-refractivity contribution < 1.29 is 8.91 Å². The Balaban J connectivity index is 1.73. The van der Waals surface area contributed by atoms with E-state index in [9.17, 15) is 4.39 Å². The zero-order chi connectivity index (χ0) is 16.2.